The molecule has 156 valence electrons. The van der Waals surface area contributed by atoms with Crippen molar-refractivity contribution in [3.8, 4) is 0 Å². The molecule has 0 unspecified atom stereocenters. The molecule has 0 saturated carbocycles. The van der Waals surface area contributed by atoms with E-state index in [0.29, 0.717) is 11.3 Å². The first kappa shape index (κ1) is 23.9. The second-order valence-electron chi connectivity index (χ2n) is 7.92. The fourth-order valence-corrected chi connectivity index (χ4v) is 3.77. The fourth-order valence-electron chi connectivity index (χ4n) is 3.77. The average molecular weight is 379 g/mol. The van der Waals surface area contributed by atoms with Crippen LogP contribution in [-0.4, -0.2) is 19.2 Å². The van der Waals surface area contributed by atoms with Crippen molar-refractivity contribution in [3.63, 3.8) is 0 Å². The van der Waals surface area contributed by atoms with E-state index in [1.807, 2.05) is 0 Å². The molecule has 1 aliphatic heterocycles. The van der Waals surface area contributed by atoms with Gasteiger partial charge in [0, 0.05) is 7.11 Å². The van der Waals surface area contributed by atoms with E-state index < -0.39 is 0 Å². The SMILES string of the molecule is C=C1C=C([C@@H](CCCCCCCCCCCCCCCCC)OC)C(=O)O1. The van der Waals surface area contributed by atoms with Gasteiger partial charge in [-0.1, -0.05) is 110 Å². The van der Waals surface area contributed by atoms with Gasteiger partial charge in [0.15, 0.2) is 0 Å². The summed E-state index contributed by atoms with van der Waals surface area (Å²) < 4.78 is 10.4. The summed E-state index contributed by atoms with van der Waals surface area (Å²) in [6, 6.07) is 0. The molecule has 0 fully saturated rings. The predicted octanol–water partition coefficient (Wildman–Crippen LogP) is 7.26. The highest BCUT2D eigenvalue weighted by atomic mass is 16.5. The Labute approximate surface area is 167 Å². The molecule has 3 heteroatoms. The van der Waals surface area contributed by atoms with E-state index in [4.69, 9.17) is 9.47 Å². The van der Waals surface area contributed by atoms with Gasteiger partial charge in [-0.3, -0.25) is 0 Å². The molecule has 0 aromatic rings. The van der Waals surface area contributed by atoms with E-state index >= 15 is 0 Å². The average Bonchev–Trinajstić information content (AvgIpc) is 2.99. The number of rotatable bonds is 18. The Bertz CT molecular complexity index is 439. The van der Waals surface area contributed by atoms with Crippen LogP contribution in [0.25, 0.3) is 0 Å². The summed E-state index contributed by atoms with van der Waals surface area (Å²) in [4.78, 5) is 11.7. The molecular weight excluding hydrogens is 336 g/mol. The van der Waals surface area contributed by atoms with Gasteiger partial charge in [-0.2, -0.15) is 0 Å². The van der Waals surface area contributed by atoms with Crippen molar-refractivity contribution in [2.75, 3.05) is 7.11 Å². The van der Waals surface area contributed by atoms with Gasteiger partial charge in [0.1, 0.15) is 5.76 Å². The van der Waals surface area contributed by atoms with Crippen molar-refractivity contribution in [2.24, 2.45) is 0 Å². The molecular formula is C24H42O3. The van der Waals surface area contributed by atoms with Crippen LogP contribution in [0.5, 0.6) is 0 Å². The lowest BCUT2D eigenvalue weighted by atomic mass is 10.0. The van der Waals surface area contributed by atoms with E-state index in [-0.39, 0.29) is 12.1 Å². The van der Waals surface area contributed by atoms with Crippen LogP contribution in [0, 0.1) is 0 Å². The number of hydrogen-bond donors (Lipinski definition) is 0. The third-order valence-corrected chi connectivity index (χ3v) is 5.48. The maximum atomic E-state index is 11.7. The summed E-state index contributed by atoms with van der Waals surface area (Å²) in [5.41, 5.74) is 0.618. The van der Waals surface area contributed by atoms with Crippen molar-refractivity contribution in [2.45, 2.75) is 116 Å². The number of methoxy groups -OCH3 is 1. The van der Waals surface area contributed by atoms with Gasteiger partial charge in [-0.25, -0.2) is 4.79 Å². The number of ether oxygens (including phenoxy) is 2. The van der Waals surface area contributed by atoms with Gasteiger partial charge in [-0.05, 0) is 12.5 Å². The van der Waals surface area contributed by atoms with E-state index in [2.05, 4.69) is 13.5 Å². The number of esters is 1. The summed E-state index contributed by atoms with van der Waals surface area (Å²) in [7, 11) is 1.66. The molecule has 0 saturated heterocycles. The van der Waals surface area contributed by atoms with Crippen LogP contribution in [0.15, 0.2) is 24.0 Å². The third kappa shape index (κ3) is 11.4. The molecule has 0 bridgehead atoms. The Morgan fingerprint density at radius 2 is 1.30 bits per heavy atom. The maximum absolute atomic E-state index is 11.7. The van der Waals surface area contributed by atoms with Crippen LogP contribution < -0.4 is 0 Å². The highest BCUT2D eigenvalue weighted by Crippen LogP contribution is 2.24. The number of allylic oxidation sites excluding steroid dienone is 1. The molecule has 1 heterocycles. The Hall–Kier alpha value is -1.09. The van der Waals surface area contributed by atoms with Crippen molar-refractivity contribution < 1.29 is 14.3 Å². The van der Waals surface area contributed by atoms with Crippen molar-refractivity contribution in [3.05, 3.63) is 24.0 Å². The van der Waals surface area contributed by atoms with Crippen molar-refractivity contribution >= 4 is 5.97 Å². The molecule has 1 rings (SSSR count). The zero-order chi connectivity index (χ0) is 19.7. The molecule has 0 spiro atoms. The van der Waals surface area contributed by atoms with E-state index in [1.165, 1.54) is 89.9 Å². The van der Waals surface area contributed by atoms with Gasteiger partial charge < -0.3 is 9.47 Å². The fraction of sp³-hybridized carbons (Fsp3) is 0.792. The van der Waals surface area contributed by atoms with Crippen molar-refractivity contribution in [1.82, 2.24) is 0 Å². The lowest BCUT2D eigenvalue weighted by Crippen LogP contribution is -2.18. The van der Waals surface area contributed by atoms with Crippen LogP contribution in [0.2, 0.25) is 0 Å². The number of unbranched alkanes of at least 4 members (excludes halogenated alkanes) is 14. The zero-order valence-corrected chi connectivity index (χ0v) is 17.9. The van der Waals surface area contributed by atoms with E-state index in [1.54, 1.807) is 13.2 Å². The lowest BCUT2D eigenvalue weighted by molar-refractivity contribution is -0.134. The largest absolute Gasteiger partial charge is 0.424 e. The summed E-state index contributed by atoms with van der Waals surface area (Å²) in [6.07, 6.45) is 22.8. The Balaban J connectivity index is 1.88. The Kier molecular flexibility index (Phi) is 14.1. The van der Waals surface area contributed by atoms with Crippen LogP contribution in [0.1, 0.15) is 110 Å². The minimum Gasteiger partial charge on any atom is -0.424 e. The molecule has 0 N–H and O–H groups in total. The van der Waals surface area contributed by atoms with Gasteiger partial charge in [0.05, 0.1) is 11.7 Å². The molecule has 1 atom stereocenters. The smallest absolute Gasteiger partial charge is 0.342 e. The van der Waals surface area contributed by atoms with Gasteiger partial charge in [0.2, 0.25) is 0 Å². The quantitative estimate of drug-likeness (QED) is 0.186. The number of cyclic esters (lactones) is 1. The lowest BCUT2D eigenvalue weighted by Gasteiger charge is -2.14. The maximum Gasteiger partial charge on any atom is 0.342 e. The highest BCUT2D eigenvalue weighted by molar-refractivity contribution is 5.93. The summed E-state index contributed by atoms with van der Waals surface area (Å²) in [5, 5.41) is 0. The second kappa shape index (κ2) is 15.9. The minimum atomic E-state index is -0.298. The summed E-state index contributed by atoms with van der Waals surface area (Å²) in [5.74, 6) is 0.126. The van der Waals surface area contributed by atoms with Gasteiger partial charge in [0.25, 0.3) is 0 Å². The standard InChI is InChI=1S/C24H42O3/c1-4-5-6-7-8-9-10-11-12-13-14-15-16-17-18-19-23(26-3)22-20-21(2)27-24(22)25/h20,23H,2,4-19H2,1,3H3/t23-/m1/s1. The summed E-state index contributed by atoms with van der Waals surface area (Å²) in [6.45, 7) is 5.95. The molecule has 0 aromatic heterocycles. The van der Waals surface area contributed by atoms with Crippen LogP contribution >= 0.6 is 0 Å². The van der Waals surface area contributed by atoms with Gasteiger partial charge >= 0.3 is 5.97 Å². The van der Waals surface area contributed by atoms with Crippen LogP contribution in [0.4, 0.5) is 0 Å². The number of carbonyl (C=O) groups is 1. The molecule has 0 aliphatic carbocycles. The Morgan fingerprint density at radius 1 is 0.852 bits per heavy atom. The normalized spacial score (nSPS) is 15.1. The topological polar surface area (TPSA) is 35.5 Å². The monoisotopic (exact) mass is 378 g/mol. The first-order chi connectivity index (χ1) is 13.2. The summed E-state index contributed by atoms with van der Waals surface area (Å²) >= 11 is 0. The van der Waals surface area contributed by atoms with E-state index in [9.17, 15) is 4.79 Å². The molecule has 3 nitrogen and oxygen atoms in total. The van der Waals surface area contributed by atoms with Gasteiger partial charge in [-0.15, -0.1) is 0 Å². The van der Waals surface area contributed by atoms with Crippen molar-refractivity contribution in [1.29, 1.82) is 0 Å². The molecule has 0 aromatic carbocycles. The first-order valence-corrected chi connectivity index (χ1v) is 11.3. The highest BCUT2D eigenvalue weighted by Gasteiger charge is 2.27. The third-order valence-electron chi connectivity index (χ3n) is 5.48. The second-order valence-corrected chi connectivity index (χ2v) is 7.92. The zero-order valence-electron chi connectivity index (χ0n) is 17.9. The minimum absolute atomic E-state index is 0.154. The number of carbonyl (C=O) groups excluding carboxylic acids is 1. The molecule has 1 aliphatic rings. The molecule has 27 heavy (non-hydrogen) atoms. The predicted molar refractivity (Wildman–Crippen MR) is 114 cm³/mol. The van der Waals surface area contributed by atoms with Crippen LogP contribution in [-0.2, 0) is 14.3 Å². The Morgan fingerprint density at radius 3 is 1.67 bits per heavy atom. The molecule has 0 amide bonds. The number of hydrogen-bond acceptors (Lipinski definition) is 3. The molecule has 0 radical (unpaired) electrons. The van der Waals surface area contributed by atoms with Crippen LogP contribution in [0.3, 0.4) is 0 Å². The first-order valence-electron chi connectivity index (χ1n) is 11.3. The van der Waals surface area contributed by atoms with E-state index in [0.717, 1.165) is 12.8 Å².